The van der Waals surface area contributed by atoms with E-state index < -0.39 is 24.0 Å². The lowest BCUT2D eigenvalue weighted by atomic mass is 9.86. The summed E-state index contributed by atoms with van der Waals surface area (Å²) in [6, 6.07) is 9.36. The number of carbonyl (C=O) groups excluding carboxylic acids is 3. The highest BCUT2D eigenvalue weighted by atomic mass is 16.6. The first kappa shape index (κ1) is 25.2. The molecule has 0 bridgehead atoms. The molecule has 3 atom stereocenters. The highest BCUT2D eigenvalue weighted by Gasteiger charge is 2.45. The quantitative estimate of drug-likeness (QED) is 0.490. The summed E-state index contributed by atoms with van der Waals surface area (Å²) in [5.74, 6) is -1.58. The Morgan fingerprint density at radius 3 is 2.20 bits per heavy atom. The second-order valence-electron chi connectivity index (χ2n) is 9.76. The van der Waals surface area contributed by atoms with Gasteiger partial charge in [-0.05, 0) is 38.4 Å². The Bertz CT molecular complexity index is 868. The Labute approximate surface area is 206 Å². The van der Waals surface area contributed by atoms with Gasteiger partial charge >= 0.3 is 6.09 Å². The number of piperazine rings is 1. The summed E-state index contributed by atoms with van der Waals surface area (Å²) >= 11 is 0. The van der Waals surface area contributed by atoms with E-state index >= 15 is 0 Å². The van der Waals surface area contributed by atoms with Crippen LogP contribution in [0.2, 0.25) is 0 Å². The number of para-hydroxylation sites is 1. The Morgan fingerprint density at radius 1 is 0.914 bits per heavy atom. The average molecular weight is 488 g/mol. The molecular formula is C25H37N5O5. The zero-order valence-corrected chi connectivity index (χ0v) is 20.5. The van der Waals surface area contributed by atoms with Gasteiger partial charge in [0.2, 0.25) is 11.8 Å². The van der Waals surface area contributed by atoms with E-state index in [4.69, 9.17) is 4.74 Å². The minimum atomic E-state index is -0.819. The summed E-state index contributed by atoms with van der Waals surface area (Å²) in [5.41, 5.74) is 2.85. The van der Waals surface area contributed by atoms with Gasteiger partial charge < -0.3 is 19.4 Å². The number of nitrogens with zero attached hydrogens (tertiary/aromatic N) is 4. The van der Waals surface area contributed by atoms with E-state index in [9.17, 15) is 19.6 Å². The molecule has 3 heterocycles. The molecule has 0 unspecified atom stereocenters. The third-order valence-corrected chi connectivity index (χ3v) is 7.41. The van der Waals surface area contributed by atoms with Crippen LogP contribution in [0.1, 0.15) is 32.1 Å². The van der Waals surface area contributed by atoms with Crippen molar-refractivity contribution in [2.75, 3.05) is 57.8 Å². The number of likely N-dealkylation sites (tertiary alicyclic amines) is 2. The van der Waals surface area contributed by atoms with Crippen LogP contribution in [0.4, 0.5) is 10.5 Å². The fraction of sp³-hybridized carbons (Fsp3) is 0.640. The molecule has 192 valence electrons. The number of ether oxygens (including phenoxy) is 1. The zero-order valence-electron chi connectivity index (χ0n) is 20.5. The highest BCUT2D eigenvalue weighted by molar-refractivity contribution is 5.90. The first-order valence-electron chi connectivity index (χ1n) is 12.7. The van der Waals surface area contributed by atoms with Crippen LogP contribution >= 0.6 is 0 Å². The van der Waals surface area contributed by atoms with Gasteiger partial charge in [0.25, 0.3) is 0 Å². The molecule has 3 amide bonds. The zero-order chi connectivity index (χ0) is 24.8. The number of carbonyl (C=O) groups is 3. The number of anilines is 1. The van der Waals surface area contributed by atoms with Gasteiger partial charge in [0, 0.05) is 51.5 Å². The summed E-state index contributed by atoms with van der Waals surface area (Å²) in [6.45, 7) is 4.24. The van der Waals surface area contributed by atoms with Crippen LogP contribution in [-0.2, 0) is 14.3 Å². The number of hydroxylamine groups is 1. The van der Waals surface area contributed by atoms with E-state index in [1.54, 1.807) is 27.2 Å². The summed E-state index contributed by atoms with van der Waals surface area (Å²) in [5, 5.41) is 9.38. The predicted octanol–water partition coefficient (Wildman–Crippen LogP) is 1.54. The highest BCUT2D eigenvalue weighted by Crippen LogP contribution is 2.28. The molecule has 0 saturated carbocycles. The van der Waals surface area contributed by atoms with Crippen molar-refractivity contribution in [1.82, 2.24) is 20.2 Å². The van der Waals surface area contributed by atoms with Gasteiger partial charge in [-0.1, -0.05) is 31.0 Å². The Hall–Kier alpha value is -2.85. The molecule has 3 fully saturated rings. The second-order valence-corrected chi connectivity index (χ2v) is 9.76. The number of piperidine rings is 1. The third-order valence-electron chi connectivity index (χ3n) is 7.41. The van der Waals surface area contributed by atoms with Crippen molar-refractivity contribution >= 4 is 23.6 Å². The lowest BCUT2D eigenvalue weighted by Crippen LogP contribution is -2.62. The molecule has 3 aliphatic rings. The lowest BCUT2D eigenvalue weighted by molar-refractivity contribution is -0.152. The molecule has 10 nitrogen and oxygen atoms in total. The molecule has 0 aromatic heterocycles. The fourth-order valence-corrected chi connectivity index (χ4v) is 5.49. The molecule has 4 rings (SSSR count). The number of hydrogen-bond donors (Lipinski definition) is 2. The van der Waals surface area contributed by atoms with Crippen LogP contribution in [0.3, 0.4) is 0 Å². The van der Waals surface area contributed by atoms with Crippen molar-refractivity contribution in [1.29, 1.82) is 0 Å². The topological polar surface area (TPSA) is 106 Å². The van der Waals surface area contributed by atoms with E-state index in [1.807, 2.05) is 18.2 Å². The molecule has 2 N–H and O–H groups in total. The van der Waals surface area contributed by atoms with Crippen LogP contribution in [0.15, 0.2) is 30.3 Å². The standard InChI is InChI=1S/C25H37N5O5/c1-27-18-20(35-25(33)30-11-7-2-3-8-12-30)17-21(23(31)26-34)22(27)24(32)29-15-13-28(14-16-29)19-9-5-4-6-10-19/h4-6,9-10,20-22,34H,2-3,7-8,11-18H2,1H3,(H,26,31)/t20-,21-,22-/m0/s1. The first-order valence-corrected chi connectivity index (χ1v) is 12.7. The molecule has 0 spiro atoms. The van der Waals surface area contributed by atoms with Crippen molar-refractivity contribution in [2.24, 2.45) is 5.92 Å². The molecule has 10 heteroatoms. The van der Waals surface area contributed by atoms with Crippen molar-refractivity contribution in [3.05, 3.63) is 30.3 Å². The first-order chi connectivity index (χ1) is 17.0. The van der Waals surface area contributed by atoms with Crippen LogP contribution in [0.5, 0.6) is 0 Å². The molecule has 3 aliphatic heterocycles. The number of rotatable bonds is 4. The molecule has 35 heavy (non-hydrogen) atoms. The van der Waals surface area contributed by atoms with Crippen molar-refractivity contribution in [2.45, 2.75) is 44.2 Å². The number of benzene rings is 1. The summed E-state index contributed by atoms with van der Waals surface area (Å²) in [7, 11) is 1.77. The van der Waals surface area contributed by atoms with Gasteiger partial charge in [0.1, 0.15) is 12.1 Å². The van der Waals surface area contributed by atoms with E-state index in [-0.39, 0.29) is 18.4 Å². The van der Waals surface area contributed by atoms with Gasteiger partial charge in [0.05, 0.1) is 5.92 Å². The summed E-state index contributed by atoms with van der Waals surface area (Å²) in [6.07, 6.45) is 3.44. The van der Waals surface area contributed by atoms with E-state index in [0.717, 1.165) is 31.4 Å². The minimum absolute atomic E-state index is 0.133. The predicted molar refractivity (Wildman–Crippen MR) is 130 cm³/mol. The fourth-order valence-electron chi connectivity index (χ4n) is 5.49. The Morgan fingerprint density at radius 2 is 1.57 bits per heavy atom. The van der Waals surface area contributed by atoms with Crippen LogP contribution in [0, 0.1) is 5.92 Å². The number of nitrogens with one attached hydrogen (secondary N) is 1. The number of likely N-dealkylation sites (N-methyl/N-ethyl adjacent to an activating group) is 1. The van der Waals surface area contributed by atoms with Gasteiger partial charge in [-0.2, -0.15) is 0 Å². The third kappa shape index (κ3) is 6.05. The minimum Gasteiger partial charge on any atom is -0.445 e. The number of hydrogen-bond acceptors (Lipinski definition) is 7. The molecule has 0 radical (unpaired) electrons. The molecule has 1 aromatic rings. The molecule has 3 saturated heterocycles. The van der Waals surface area contributed by atoms with Crippen LogP contribution in [0.25, 0.3) is 0 Å². The SMILES string of the molecule is CN1C[C@@H](OC(=O)N2CCCCCC2)C[C@H](C(=O)NO)[C@H]1C(=O)N1CCN(c2ccccc2)CC1. The average Bonchev–Trinajstić information content (AvgIpc) is 3.18. The van der Waals surface area contributed by atoms with E-state index in [2.05, 4.69) is 17.0 Å². The van der Waals surface area contributed by atoms with Crippen LogP contribution in [-0.4, -0.2) is 103 Å². The van der Waals surface area contributed by atoms with Gasteiger partial charge in [-0.25, -0.2) is 10.3 Å². The Kier molecular flexibility index (Phi) is 8.46. The maximum atomic E-state index is 13.5. The molecule has 1 aromatic carbocycles. The lowest BCUT2D eigenvalue weighted by Gasteiger charge is -2.44. The maximum absolute atomic E-state index is 13.5. The summed E-state index contributed by atoms with van der Waals surface area (Å²) in [4.78, 5) is 46.4. The van der Waals surface area contributed by atoms with Crippen LogP contribution < -0.4 is 10.4 Å². The monoisotopic (exact) mass is 487 g/mol. The van der Waals surface area contributed by atoms with Crippen molar-refractivity contribution in [3.63, 3.8) is 0 Å². The Balaban J connectivity index is 1.38. The van der Waals surface area contributed by atoms with Gasteiger partial charge in [0.15, 0.2) is 0 Å². The van der Waals surface area contributed by atoms with E-state index in [0.29, 0.717) is 45.8 Å². The van der Waals surface area contributed by atoms with Gasteiger partial charge in [-0.3, -0.25) is 19.7 Å². The largest absolute Gasteiger partial charge is 0.445 e. The normalized spacial score (nSPS) is 26.1. The van der Waals surface area contributed by atoms with Crippen molar-refractivity contribution in [3.8, 4) is 0 Å². The van der Waals surface area contributed by atoms with Gasteiger partial charge in [-0.15, -0.1) is 0 Å². The van der Waals surface area contributed by atoms with E-state index in [1.165, 1.54) is 0 Å². The maximum Gasteiger partial charge on any atom is 0.410 e. The van der Waals surface area contributed by atoms with Crippen molar-refractivity contribution < 1.29 is 24.3 Å². The summed E-state index contributed by atoms with van der Waals surface area (Å²) < 4.78 is 5.77. The smallest absolute Gasteiger partial charge is 0.410 e. The second kappa shape index (κ2) is 11.7. The molecule has 0 aliphatic carbocycles. The molecular weight excluding hydrogens is 450 g/mol. The number of amides is 3.